The molecule has 0 fully saturated rings. The lowest BCUT2D eigenvalue weighted by Crippen LogP contribution is -2.27. The highest BCUT2D eigenvalue weighted by atomic mass is 16.6. The number of benzene rings is 2. The zero-order valence-electron chi connectivity index (χ0n) is 22.1. The van der Waals surface area contributed by atoms with E-state index in [9.17, 15) is 24.6 Å². The van der Waals surface area contributed by atoms with E-state index in [0.717, 1.165) is 6.42 Å². The minimum absolute atomic E-state index is 0.0121. The molecule has 5 N–H and O–H groups in total. The molecule has 0 aliphatic carbocycles. The molecule has 208 valence electrons. The zero-order chi connectivity index (χ0) is 28.5. The molecule has 0 radical (unpaired) electrons. The third-order valence-corrected chi connectivity index (χ3v) is 5.04. The molecule has 0 atom stereocenters. The van der Waals surface area contributed by atoms with Gasteiger partial charge in [0.15, 0.2) is 23.0 Å². The number of carboxylic acid groups (broad SMARTS) is 2. The smallest absolute Gasteiger partial charge is 0.412 e. The number of amides is 1. The van der Waals surface area contributed by atoms with Crippen LogP contribution in [0.2, 0.25) is 0 Å². The lowest BCUT2D eigenvalue weighted by atomic mass is 10.1. The molecule has 38 heavy (non-hydrogen) atoms. The van der Waals surface area contributed by atoms with Crippen LogP contribution in [0.4, 0.5) is 16.2 Å². The number of nitrogens with two attached hydrogens (primary N) is 1. The molecular formula is C26H34N2O10. The van der Waals surface area contributed by atoms with Gasteiger partial charge in [-0.2, -0.15) is 0 Å². The Morgan fingerprint density at radius 3 is 1.76 bits per heavy atom. The van der Waals surface area contributed by atoms with Crippen LogP contribution in [0.5, 0.6) is 23.0 Å². The molecule has 0 bridgehead atoms. The Hall–Kier alpha value is -4.35. The number of anilines is 2. The van der Waals surface area contributed by atoms with Crippen molar-refractivity contribution in [3.05, 3.63) is 35.4 Å². The third kappa shape index (κ3) is 8.64. The number of nitrogen functional groups attached to an aromatic ring is 1. The number of nitrogens with one attached hydrogen (secondary N) is 1. The van der Waals surface area contributed by atoms with Crippen LogP contribution in [-0.2, 0) is 4.74 Å². The maximum Gasteiger partial charge on any atom is 0.412 e. The molecule has 0 unspecified atom stereocenters. The fraction of sp³-hybridized carbons (Fsp3) is 0.423. The van der Waals surface area contributed by atoms with E-state index in [1.165, 1.54) is 38.5 Å². The van der Waals surface area contributed by atoms with Crippen molar-refractivity contribution in [3.63, 3.8) is 0 Å². The topological polar surface area (TPSA) is 176 Å². The van der Waals surface area contributed by atoms with E-state index in [1.807, 2.05) is 0 Å². The molecule has 0 aromatic heterocycles. The van der Waals surface area contributed by atoms with Gasteiger partial charge in [-0.25, -0.2) is 14.4 Å². The van der Waals surface area contributed by atoms with Crippen LogP contribution in [0.1, 0.15) is 60.7 Å². The summed E-state index contributed by atoms with van der Waals surface area (Å²) in [5.41, 5.74) is 4.86. The van der Waals surface area contributed by atoms with Crippen molar-refractivity contribution in [2.24, 2.45) is 0 Å². The first-order valence-corrected chi connectivity index (χ1v) is 11.8. The molecule has 0 saturated carbocycles. The molecular weight excluding hydrogens is 500 g/mol. The molecule has 12 heteroatoms. The maximum absolute atomic E-state index is 12.2. The van der Waals surface area contributed by atoms with E-state index in [-0.39, 0.29) is 46.4 Å². The highest BCUT2D eigenvalue weighted by molar-refractivity contribution is 6.00. The highest BCUT2D eigenvalue weighted by Crippen LogP contribution is 2.35. The summed E-state index contributed by atoms with van der Waals surface area (Å²) >= 11 is 0. The van der Waals surface area contributed by atoms with Crippen LogP contribution >= 0.6 is 0 Å². The van der Waals surface area contributed by atoms with Gasteiger partial charge >= 0.3 is 18.0 Å². The van der Waals surface area contributed by atoms with Crippen molar-refractivity contribution in [1.29, 1.82) is 0 Å². The summed E-state index contributed by atoms with van der Waals surface area (Å²) in [6, 6.07) is 5.39. The molecule has 2 rings (SSSR count). The van der Waals surface area contributed by atoms with E-state index in [4.69, 9.17) is 29.4 Å². The molecule has 1 amide bonds. The number of ether oxygens (including phenoxy) is 5. The van der Waals surface area contributed by atoms with Crippen molar-refractivity contribution in [1.82, 2.24) is 0 Å². The van der Waals surface area contributed by atoms with Gasteiger partial charge in [0.1, 0.15) is 5.60 Å². The van der Waals surface area contributed by atoms with Crippen molar-refractivity contribution < 1.29 is 48.3 Å². The minimum Gasteiger partial charge on any atom is -0.493 e. The summed E-state index contributed by atoms with van der Waals surface area (Å²) in [7, 11) is 2.79. The number of unbranched alkanes of at least 4 members (excludes halogenated alkanes) is 2. The number of carbonyl (C=O) groups excluding carboxylic acids is 1. The Labute approximate surface area is 220 Å². The summed E-state index contributed by atoms with van der Waals surface area (Å²) in [4.78, 5) is 35.1. The number of hydrogen-bond donors (Lipinski definition) is 4. The molecule has 0 aliphatic heterocycles. The van der Waals surface area contributed by atoms with Crippen molar-refractivity contribution in [3.8, 4) is 23.0 Å². The second kappa shape index (κ2) is 13.3. The van der Waals surface area contributed by atoms with Crippen LogP contribution in [0, 0.1) is 0 Å². The first kappa shape index (κ1) is 29.9. The summed E-state index contributed by atoms with van der Waals surface area (Å²) in [6.45, 7) is 5.71. The number of carboxylic acids is 2. The Kier molecular flexibility index (Phi) is 10.4. The van der Waals surface area contributed by atoms with Gasteiger partial charge in [0.05, 0.1) is 49.9 Å². The normalized spacial score (nSPS) is 10.9. The van der Waals surface area contributed by atoms with Gasteiger partial charge in [0.2, 0.25) is 0 Å². The molecule has 12 nitrogen and oxygen atoms in total. The van der Waals surface area contributed by atoms with Crippen LogP contribution in [0.25, 0.3) is 0 Å². The fourth-order valence-electron chi connectivity index (χ4n) is 3.30. The van der Waals surface area contributed by atoms with Gasteiger partial charge in [-0.05, 0) is 40.0 Å². The number of aromatic carboxylic acids is 2. The number of hydrogen-bond acceptors (Lipinski definition) is 9. The second-order valence-corrected chi connectivity index (χ2v) is 9.13. The highest BCUT2D eigenvalue weighted by Gasteiger charge is 2.22. The second-order valence-electron chi connectivity index (χ2n) is 9.13. The van der Waals surface area contributed by atoms with E-state index in [1.54, 1.807) is 20.8 Å². The molecule has 2 aromatic carbocycles. The van der Waals surface area contributed by atoms with Crippen LogP contribution in [-0.4, -0.2) is 61.3 Å². The Balaban J connectivity index is 1.94. The molecule has 0 saturated heterocycles. The predicted molar refractivity (Wildman–Crippen MR) is 139 cm³/mol. The van der Waals surface area contributed by atoms with Gasteiger partial charge in [-0.15, -0.1) is 0 Å². The fourth-order valence-corrected chi connectivity index (χ4v) is 3.30. The van der Waals surface area contributed by atoms with E-state index in [0.29, 0.717) is 25.2 Å². The largest absolute Gasteiger partial charge is 0.493 e. The lowest BCUT2D eigenvalue weighted by Gasteiger charge is -2.21. The lowest BCUT2D eigenvalue weighted by molar-refractivity contribution is 0.0634. The molecule has 0 aliphatic rings. The average molecular weight is 535 g/mol. The standard InChI is InChI=1S/C26H34N2O10/c1-26(2,3)38-25(33)28-18-14-22(20(35-5)12-16(18)24(31)32)37-10-8-6-7-9-36-21-13-17(27)15(23(29)30)11-19(21)34-4/h11-14H,6-10,27H2,1-5H3,(H,28,33)(H,29,30)(H,31,32). The Bertz CT molecular complexity index is 1160. The van der Waals surface area contributed by atoms with Crippen molar-refractivity contribution in [2.75, 3.05) is 38.5 Å². The summed E-state index contributed by atoms with van der Waals surface area (Å²) in [5, 5.41) is 21.2. The minimum atomic E-state index is -1.25. The Morgan fingerprint density at radius 1 is 0.789 bits per heavy atom. The molecule has 0 spiro atoms. The van der Waals surface area contributed by atoms with E-state index >= 15 is 0 Å². The quantitative estimate of drug-likeness (QED) is 0.208. The maximum atomic E-state index is 12.2. The molecule has 0 heterocycles. The zero-order valence-corrected chi connectivity index (χ0v) is 22.1. The average Bonchev–Trinajstić information content (AvgIpc) is 2.81. The summed E-state index contributed by atoms with van der Waals surface area (Å²) in [6.07, 6.45) is 1.23. The number of carbonyl (C=O) groups is 3. The SMILES string of the molecule is COc1cc(C(=O)O)c(N)cc1OCCCCCOc1cc(NC(=O)OC(C)(C)C)c(C(=O)O)cc1OC. The van der Waals surface area contributed by atoms with Crippen molar-refractivity contribution >= 4 is 29.4 Å². The first-order chi connectivity index (χ1) is 17.9. The van der Waals surface area contributed by atoms with Crippen LogP contribution in [0.3, 0.4) is 0 Å². The van der Waals surface area contributed by atoms with Gasteiger partial charge in [0, 0.05) is 24.3 Å². The van der Waals surface area contributed by atoms with Crippen LogP contribution < -0.4 is 30.0 Å². The third-order valence-electron chi connectivity index (χ3n) is 5.04. The number of methoxy groups -OCH3 is 2. The Morgan fingerprint density at radius 2 is 1.29 bits per heavy atom. The van der Waals surface area contributed by atoms with E-state index < -0.39 is 23.6 Å². The predicted octanol–water partition coefficient (Wildman–Crippen LogP) is 4.66. The van der Waals surface area contributed by atoms with Gasteiger partial charge < -0.3 is 39.6 Å². The number of rotatable bonds is 13. The molecule has 2 aromatic rings. The monoisotopic (exact) mass is 534 g/mol. The van der Waals surface area contributed by atoms with Gasteiger partial charge in [-0.3, -0.25) is 5.32 Å². The first-order valence-electron chi connectivity index (χ1n) is 11.8. The van der Waals surface area contributed by atoms with E-state index in [2.05, 4.69) is 5.32 Å². The summed E-state index contributed by atoms with van der Waals surface area (Å²) in [5.74, 6) is -1.33. The summed E-state index contributed by atoms with van der Waals surface area (Å²) < 4.78 is 27.2. The van der Waals surface area contributed by atoms with Gasteiger partial charge in [-0.1, -0.05) is 0 Å². The van der Waals surface area contributed by atoms with Gasteiger partial charge in [0.25, 0.3) is 0 Å². The van der Waals surface area contributed by atoms with Crippen molar-refractivity contribution in [2.45, 2.75) is 45.6 Å². The van der Waals surface area contributed by atoms with Crippen LogP contribution in [0.15, 0.2) is 24.3 Å².